The minimum Gasteiger partial charge on any atom is -0.469 e. The van der Waals surface area contributed by atoms with Crippen LogP contribution < -0.4 is 4.72 Å². The fourth-order valence-electron chi connectivity index (χ4n) is 2.25. The molecular formula is C9H15N5O4S. The second kappa shape index (κ2) is 5.61. The summed E-state index contributed by atoms with van der Waals surface area (Å²) in [5.74, 6) is -0.837. The van der Waals surface area contributed by atoms with Crippen molar-refractivity contribution in [3.8, 4) is 0 Å². The van der Waals surface area contributed by atoms with Crippen molar-refractivity contribution in [1.29, 1.82) is 0 Å². The standard InChI is InChI=1S/C9H15N5O4S/c1-18-9(15)6-3-2-4-7(6)19(16,17)10-5-8-11-13-14-12-8/h6-7,10H,2-5H2,1H3,(H,11,12,13,14). The molecule has 0 radical (unpaired) electrons. The van der Waals surface area contributed by atoms with Gasteiger partial charge in [-0.1, -0.05) is 11.6 Å². The number of hydrogen-bond donors (Lipinski definition) is 2. The number of H-pyrrole nitrogens is 1. The number of esters is 1. The van der Waals surface area contributed by atoms with E-state index in [1.165, 1.54) is 7.11 Å². The molecule has 2 atom stereocenters. The number of nitrogens with zero attached hydrogens (tertiary/aromatic N) is 3. The number of ether oxygens (including phenoxy) is 1. The molecule has 1 aliphatic rings. The normalized spacial score (nSPS) is 23.4. The first-order chi connectivity index (χ1) is 9.04. The Balaban J connectivity index is 2.04. The SMILES string of the molecule is COC(=O)C1CCCC1S(=O)(=O)NCc1nn[nH]n1. The Labute approximate surface area is 110 Å². The Bertz CT molecular complexity index is 529. The van der Waals surface area contributed by atoms with Crippen molar-refractivity contribution in [2.24, 2.45) is 5.92 Å². The number of methoxy groups -OCH3 is 1. The summed E-state index contributed by atoms with van der Waals surface area (Å²) >= 11 is 0. The van der Waals surface area contributed by atoms with Crippen LogP contribution in [0.5, 0.6) is 0 Å². The molecule has 0 bridgehead atoms. The summed E-state index contributed by atoms with van der Waals surface area (Å²) in [6.07, 6.45) is 1.66. The Kier molecular flexibility index (Phi) is 4.10. The summed E-state index contributed by atoms with van der Waals surface area (Å²) in [5.41, 5.74) is 0. The lowest BCUT2D eigenvalue weighted by Crippen LogP contribution is -2.39. The predicted octanol–water partition coefficient (Wildman–Crippen LogP) is -1.04. The zero-order valence-electron chi connectivity index (χ0n) is 10.4. The van der Waals surface area contributed by atoms with Gasteiger partial charge in [-0.3, -0.25) is 4.79 Å². The molecule has 9 nitrogen and oxygen atoms in total. The van der Waals surface area contributed by atoms with Crippen molar-refractivity contribution in [3.05, 3.63) is 5.82 Å². The zero-order valence-corrected chi connectivity index (χ0v) is 11.2. The van der Waals surface area contributed by atoms with E-state index in [1.54, 1.807) is 0 Å². The lowest BCUT2D eigenvalue weighted by molar-refractivity contribution is -0.145. The monoisotopic (exact) mass is 289 g/mol. The van der Waals surface area contributed by atoms with Crippen LogP contribution in [0, 0.1) is 5.92 Å². The minimum absolute atomic E-state index is 0.0524. The highest BCUT2D eigenvalue weighted by Gasteiger charge is 2.42. The quantitative estimate of drug-likeness (QED) is 0.663. The first-order valence-corrected chi connectivity index (χ1v) is 7.38. The van der Waals surface area contributed by atoms with Gasteiger partial charge >= 0.3 is 5.97 Å². The molecule has 1 aliphatic carbocycles. The van der Waals surface area contributed by atoms with Crippen LogP contribution >= 0.6 is 0 Å². The maximum Gasteiger partial charge on any atom is 0.310 e. The number of tetrazole rings is 1. The van der Waals surface area contributed by atoms with E-state index in [-0.39, 0.29) is 12.4 Å². The van der Waals surface area contributed by atoms with E-state index in [0.29, 0.717) is 19.3 Å². The smallest absolute Gasteiger partial charge is 0.310 e. The highest BCUT2D eigenvalue weighted by Crippen LogP contribution is 2.31. The van der Waals surface area contributed by atoms with Crippen LogP contribution in [0.15, 0.2) is 0 Å². The molecule has 1 fully saturated rings. The summed E-state index contributed by atoms with van der Waals surface area (Å²) in [4.78, 5) is 11.5. The molecule has 0 amide bonds. The second-order valence-electron chi connectivity index (χ2n) is 4.29. The predicted molar refractivity (Wildman–Crippen MR) is 63.1 cm³/mol. The lowest BCUT2D eigenvalue weighted by atomic mass is 10.1. The number of aromatic nitrogens is 4. The third-order valence-corrected chi connectivity index (χ3v) is 5.08. The number of carbonyl (C=O) groups is 1. The van der Waals surface area contributed by atoms with Crippen LogP contribution in [0.1, 0.15) is 25.1 Å². The number of sulfonamides is 1. The topological polar surface area (TPSA) is 127 Å². The Morgan fingerprint density at radius 3 is 2.95 bits per heavy atom. The molecule has 0 spiro atoms. The molecule has 10 heteroatoms. The number of hydrogen-bond acceptors (Lipinski definition) is 7. The van der Waals surface area contributed by atoms with Gasteiger partial charge in [-0.2, -0.15) is 5.21 Å². The highest BCUT2D eigenvalue weighted by molar-refractivity contribution is 7.90. The van der Waals surface area contributed by atoms with Crippen molar-refractivity contribution < 1.29 is 17.9 Å². The number of nitrogens with one attached hydrogen (secondary N) is 2. The van der Waals surface area contributed by atoms with Crippen molar-refractivity contribution in [3.63, 3.8) is 0 Å². The Morgan fingerprint density at radius 1 is 1.53 bits per heavy atom. The maximum absolute atomic E-state index is 12.2. The van der Waals surface area contributed by atoms with Gasteiger partial charge in [0.2, 0.25) is 10.0 Å². The molecule has 106 valence electrons. The van der Waals surface area contributed by atoms with Crippen molar-refractivity contribution in [2.75, 3.05) is 7.11 Å². The third-order valence-electron chi connectivity index (χ3n) is 3.18. The van der Waals surface area contributed by atoms with Gasteiger partial charge in [0.15, 0.2) is 5.82 Å². The van der Waals surface area contributed by atoms with E-state index in [1.807, 2.05) is 0 Å². The maximum atomic E-state index is 12.2. The fraction of sp³-hybridized carbons (Fsp3) is 0.778. The van der Waals surface area contributed by atoms with E-state index in [4.69, 9.17) is 0 Å². The zero-order chi connectivity index (χ0) is 13.9. The van der Waals surface area contributed by atoms with Gasteiger partial charge in [-0.25, -0.2) is 13.1 Å². The van der Waals surface area contributed by atoms with Gasteiger partial charge < -0.3 is 4.74 Å². The van der Waals surface area contributed by atoms with Crippen molar-refractivity contribution >= 4 is 16.0 Å². The molecule has 0 aliphatic heterocycles. The van der Waals surface area contributed by atoms with E-state index in [9.17, 15) is 13.2 Å². The van der Waals surface area contributed by atoms with Gasteiger partial charge in [0.1, 0.15) is 0 Å². The molecule has 2 unspecified atom stereocenters. The first kappa shape index (κ1) is 13.9. The number of carbonyl (C=O) groups excluding carboxylic acids is 1. The second-order valence-corrected chi connectivity index (χ2v) is 6.28. The van der Waals surface area contributed by atoms with Crippen molar-refractivity contribution in [2.45, 2.75) is 31.1 Å². The van der Waals surface area contributed by atoms with Gasteiger partial charge in [-0.05, 0) is 12.8 Å². The van der Waals surface area contributed by atoms with E-state index in [2.05, 4.69) is 30.1 Å². The third kappa shape index (κ3) is 3.07. The number of rotatable bonds is 5. The first-order valence-electron chi connectivity index (χ1n) is 5.83. The van der Waals surface area contributed by atoms with E-state index < -0.39 is 27.2 Å². The summed E-state index contributed by atoms with van der Waals surface area (Å²) < 4.78 is 31.3. The molecule has 2 rings (SSSR count). The minimum atomic E-state index is -3.61. The molecule has 19 heavy (non-hydrogen) atoms. The lowest BCUT2D eigenvalue weighted by Gasteiger charge is -2.17. The molecule has 0 aromatic carbocycles. The largest absolute Gasteiger partial charge is 0.469 e. The van der Waals surface area contributed by atoms with Crippen LogP contribution in [0.25, 0.3) is 0 Å². The van der Waals surface area contributed by atoms with E-state index in [0.717, 1.165) is 0 Å². The molecular weight excluding hydrogens is 274 g/mol. The molecule has 1 saturated carbocycles. The molecule has 2 N–H and O–H groups in total. The van der Waals surface area contributed by atoms with E-state index >= 15 is 0 Å². The van der Waals surface area contributed by atoms with Crippen LogP contribution in [0.3, 0.4) is 0 Å². The molecule has 1 aromatic rings. The average Bonchev–Trinajstić information content (AvgIpc) is 3.06. The summed E-state index contributed by atoms with van der Waals surface area (Å²) in [5, 5.41) is 12.1. The fourth-order valence-corrected chi connectivity index (χ4v) is 3.95. The summed E-state index contributed by atoms with van der Waals surface area (Å²) in [7, 11) is -2.35. The van der Waals surface area contributed by atoms with Crippen molar-refractivity contribution in [1.82, 2.24) is 25.3 Å². The summed E-state index contributed by atoms with van der Waals surface area (Å²) in [6.45, 7) is -0.0524. The van der Waals surface area contributed by atoms with Crippen LogP contribution in [-0.4, -0.2) is 47.4 Å². The van der Waals surface area contributed by atoms with Gasteiger partial charge in [-0.15, -0.1) is 10.2 Å². The Morgan fingerprint density at radius 2 is 2.32 bits per heavy atom. The molecule has 1 heterocycles. The van der Waals surface area contributed by atoms with Gasteiger partial charge in [0, 0.05) is 0 Å². The molecule has 1 aromatic heterocycles. The van der Waals surface area contributed by atoms with Crippen LogP contribution in [0.2, 0.25) is 0 Å². The molecule has 0 saturated heterocycles. The van der Waals surface area contributed by atoms with Crippen LogP contribution in [-0.2, 0) is 26.1 Å². The average molecular weight is 289 g/mol. The highest BCUT2D eigenvalue weighted by atomic mass is 32.2. The van der Waals surface area contributed by atoms with Gasteiger partial charge in [0.05, 0.1) is 24.8 Å². The number of aromatic amines is 1. The van der Waals surface area contributed by atoms with Crippen LogP contribution in [0.4, 0.5) is 0 Å². The summed E-state index contributed by atoms with van der Waals surface area (Å²) in [6, 6.07) is 0. The van der Waals surface area contributed by atoms with Gasteiger partial charge in [0.25, 0.3) is 0 Å². The Hall–Kier alpha value is -1.55.